The largest absolute Gasteiger partial charge is 0.462 e. The van der Waals surface area contributed by atoms with Gasteiger partial charge >= 0.3 is 5.97 Å². The van der Waals surface area contributed by atoms with Crippen LogP contribution in [0.2, 0.25) is 0 Å². The third kappa shape index (κ3) is 3.97. The number of ether oxygens (including phenoxy) is 1. The molecule has 1 saturated carbocycles. The van der Waals surface area contributed by atoms with Crippen LogP contribution in [0.3, 0.4) is 0 Å². The van der Waals surface area contributed by atoms with Gasteiger partial charge in [-0.15, -0.1) is 0 Å². The third-order valence-electron chi connectivity index (χ3n) is 5.32. The van der Waals surface area contributed by atoms with E-state index in [1.807, 2.05) is 12.1 Å². The SMILES string of the molecule is CCOC(=O)c1ccc(NC(=S)N2C[C@]3(C)C[C@H]2CC(C)(C)C3)cc1. The highest BCUT2D eigenvalue weighted by Gasteiger charge is 2.50. The van der Waals surface area contributed by atoms with E-state index in [-0.39, 0.29) is 5.97 Å². The van der Waals surface area contributed by atoms with Crippen molar-refractivity contribution in [2.45, 2.75) is 53.0 Å². The van der Waals surface area contributed by atoms with Crippen LogP contribution in [0, 0.1) is 10.8 Å². The van der Waals surface area contributed by atoms with Gasteiger partial charge in [-0.2, -0.15) is 0 Å². The summed E-state index contributed by atoms with van der Waals surface area (Å²) in [6.45, 7) is 10.3. The van der Waals surface area contributed by atoms with Crippen molar-refractivity contribution in [1.29, 1.82) is 0 Å². The molecule has 1 aromatic carbocycles. The van der Waals surface area contributed by atoms with Gasteiger partial charge in [-0.3, -0.25) is 0 Å². The van der Waals surface area contributed by atoms with Crippen LogP contribution < -0.4 is 5.32 Å². The fourth-order valence-electron chi connectivity index (χ4n) is 4.80. The van der Waals surface area contributed by atoms with Gasteiger partial charge in [0.25, 0.3) is 0 Å². The summed E-state index contributed by atoms with van der Waals surface area (Å²) in [6.07, 6.45) is 3.66. The van der Waals surface area contributed by atoms with E-state index in [1.54, 1.807) is 19.1 Å². The Balaban J connectivity index is 1.66. The van der Waals surface area contributed by atoms with Gasteiger partial charge in [-0.1, -0.05) is 20.8 Å². The molecule has 1 aromatic rings. The Morgan fingerprint density at radius 3 is 2.60 bits per heavy atom. The molecule has 136 valence electrons. The van der Waals surface area contributed by atoms with Crippen LogP contribution in [-0.4, -0.2) is 35.2 Å². The van der Waals surface area contributed by atoms with E-state index in [2.05, 4.69) is 31.0 Å². The first-order valence-corrected chi connectivity index (χ1v) is 9.47. The summed E-state index contributed by atoms with van der Waals surface area (Å²) in [7, 11) is 0. The minimum atomic E-state index is -0.292. The fraction of sp³-hybridized carbons (Fsp3) is 0.600. The number of anilines is 1. The second kappa shape index (κ2) is 6.60. The molecular weight excluding hydrogens is 332 g/mol. The molecule has 3 rings (SSSR count). The maximum Gasteiger partial charge on any atom is 0.338 e. The topological polar surface area (TPSA) is 41.6 Å². The molecule has 1 aliphatic heterocycles. The quantitative estimate of drug-likeness (QED) is 0.637. The Bertz CT molecular complexity index is 671. The zero-order chi connectivity index (χ0) is 18.2. The number of benzene rings is 1. The zero-order valence-electron chi connectivity index (χ0n) is 15.6. The van der Waals surface area contributed by atoms with Crippen LogP contribution >= 0.6 is 12.2 Å². The second-order valence-electron chi connectivity index (χ2n) is 8.57. The number of hydrogen-bond donors (Lipinski definition) is 1. The van der Waals surface area contributed by atoms with Gasteiger partial charge in [-0.05, 0) is 73.5 Å². The maximum atomic E-state index is 11.7. The molecule has 1 saturated heterocycles. The molecule has 2 aliphatic rings. The summed E-state index contributed by atoms with van der Waals surface area (Å²) in [5, 5.41) is 4.13. The van der Waals surface area contributed by atoms with E-state index in [1.165, 1.54) is 19.3 Å². The standard InChI is InChI=1S/C20H28N2O2S/c1-5-24-17(23)14-6-8-15(9-7-14)21-18(25)22-13-20(4)11-16(22)10-19(2,3)12-20/h6-9,16H,5,10-13H2,1-4H3,(H,21,25)/t16-,20-/m1/s1. The number of nitrogens with one attached hydrogen (secondary N) is 1. The Labute approximate surface area is 155 Å². The zero-order valence-corrected chi connectivity index (χ0v) is 16.4. The van der Waals surface area contributed by atoms with Crippen molar-refractivity contribution >= 4 is 29.0 Å². The van der Waals surface area contributed by atoms with Gasteiger partial charge in [0.05, 0.1) is 12.2 Å². The van der Waals surface area contributed by atoms with Gasteiger partial charge in [0.1, 0.15) is 0 Å². The molecule has 25 heavy (non-hydrogen) atoms. The Kier molecular flexibility index (Phi) is 4.80. The first kappa shape index (κ1) is 18.2. The van der Waals surface area contributed by atoms with Crippen molar-refractivity contribution < 1.29 is 9.53 Å². The van der Waals surface area contributed by atoms with Gasteiger partial charge in [-0.25, -0.2) is 4.79 Å². The van der Waals surface area contributed by atoms with Crippen LogP contribution in [0.25, 0.3) is 0 Å². The van der Waals surface area contributed by atoms with E-state index >= 15 is 0 Å². The molecule has 2 atom stereocenters. The van der Waals surface area contributed by atoms with E-state index < -0.39 is 0 Å². The first-order valence-electron chi connectivity index (χ1n) is 9.06. The van der Waals surface area contributed by atoms with E-state index in [4.69, 9.17) is 17.0 Å². The molecule has 1 aliphatic carbocycles. The van der Waals surface area contributed by atoms with Crippen LogP contribution in [0.15, 0.2) is 24.3 Å². The molecule has 0 radical (unpaired) electrons. The Morgan fingerprint density at radius 2 is 1.96 bits per heavy atom. The highest BCUT2D eigenvalue weighted by molar-refractivity contribution is 7.80. The normalized spacial score (nSPS) is 27.0. The number of esters is 1. The third-order valence-corrected chi connectivity index (χ3v) is 5.66. The summed E-state index contributed by atoms with van der Waals surface area (Å²) in [5.74, 6) is -0.292. The van der Waals surface area contributed by atoms with Crippen molar-refractivity contribution in [2.24, 2.45) is 10.8 Å². The molecule has 4 nitrogen and oxygen atoms in total. The number of nitrogens with zero attached hydrogens (tertiary/aromatic N) is 1. The number of rotatable bonds is 3. The molecule has 0 amide bonds. The van der Waals surface area contributed by atoms with Crippen LogP contribution in [-0.2, 0) is 4.74 Å². The number of hydrogen-bond acceptors (Lipinski definition) is 3. The number of fused-ring (bicyclic) bond motifs is 2. The second-order valence-corrected chi connectivity index (χ2v) is 8.96. The molecule has 5 heteroatoms. The number of thiocarbonyl (C=S) groups is 1. The van der Waals surface area contributed by atoms with Crippen molar-refractivity contribution in [1.82, 2.24) is 4.90 Å². The van der Waals surface area contributed by atoms with Crippen molar-refractivity contribution in [3.63, 3.8) is 0 Å². The summed E-state index contributed by atoms with van der Waals surface area (Å²) >= 11 is 5.69. The molecule has 0 aromatic heterocycles. The minimum Gasteiger partial charge on any atom is -0.462 e. The lowest BCUT2D eigenvalue weighted by atomic mass is 9.65. The number of likely N-dealkylation sites (tertiary alicyclic amines) is 1. The molecule has 1 N–H and O–H groups in total. The number of carbonyl (C=O) groups is 1. The lowest BCUT2D eigenvalue weighted by Crippen LogP contribution is -2.39. The van der Waals surface area contributed by atoms with Crippen LogP contribution in [0.1, 0.15) is 57.3 Å². The van der Waals surface area contributed by atoms with Crippen LogP contribution in [0.5, 0.6) is 0 Å². The molecule has 0 spiro atoms. The summed E-state index contributed by atoms with van der Waals surface area (Å²) in [4.78, 5) is 14.1. The fourth-order valence-corrected chi connectivity index (χ4v) is 5.13. The van der Waals surface area contributed by atoms with E-state index in [9.17, 15) is 4.79 Å². The highest BCUT2D eigenvalue weighted by atomic mass is 32.1. The van der Waals surface area contributed by atoms with Crippen molar-refractivity contribution in [2.75, 3.05) is 18.5 Å². The molecule has 2 bridgehead atoms. The average molecular weight is 361 g/mol. The summed E-state index contributed by atoms with van der Waals surface area (Å²) in [5.41, 5.74) is 2.20. The smallest absolute Gasteiger partial charge is 0.338 e. The predicted molar refractivity (Wildman–Crippen MR) is 105 cm³/mol. The lowest BCUT2D eigenvalue weighted by molar-refractivity contribution is 0.0526. The summed E-state index contributed by atoms with van der Waals surface area (Å²) < 4.78 is 5.01. The van der Waals surface area contributed by atoms with Gasteiger partial charge in [0, 0.05) is 18.3 Å². The van der Waals surface area contributed by atoms with E-state index in [0.29, 0.717) is 29.0 Å². The number of carbonyl (C=O) groups excluding carboxylic acids is 1. The maximum absolute atomic E-state index is 11.7. The van der Waals surface area contributed by atoms with Gasteiger partial charge in [0.2, 0.25) is 0 Å². The molecule has 2 fully saturated rings. The minimum absolute atomic E-state index is 0.292. The first-order chi connectivity index (χ1) is 11.7. The van der Waals surface area contributed by atoms with Gasteiger partial charge in [0.15, 0.2) is 5.11 Å². The van der Waals surface area contributed by atoms with E-state index in [0.717, 1.165) is 17.3 Å². The molecule has 0 unspecified atom stereocenters. The van der Waals surface area contributed by atoms with Crippen LogP contribution in [0.4, 0.5) is 5.69 Å². The summed E-state index contributed by atoms with van der Waals surface area (Å²) in [6, 6.07) is 7.83. The predicted octanol–water partition coefficient (Wildman–Crippen LogP) is 4.46. The van der Waals surface area contributed by atoms with Crippen molar-refractivity contribution in [3.05, 3.63) is 29.8 Å². The highest BCUT2D eigenvalue weighted by Crippen LogP contribution is 2.52. The molecular formula is C20H28N2O2S. The van der Waals surface area contributed by atoms with Gasteiger partial charge < -0.3 is 15.0 Å². The average Bonchev–Trinajstić information content (AvgIpc) is 2.77. The lowest BCUT2D eigenvalue weighted by Gasteiger charge is -2.39. The Morgan fingerprint density at radius 1 is 1.28 bits per heavy atom. The van der Waals surface area contributed by atoms with Crippen molar-refractivity contribution in [3.8, 4) is 0 Å². The molecule has 1 heterocycles. The monoisotopic (exact) mass is 360 g/mol. The Hall–Kier alpha value is -1.62.